The molecule has 1 aliphatic heterocycles. The first-order valence-electron chi connectivity index (χ1n) is 8.73. The van der Waals surface area contributed by atoms with Crippen LogP contribution in [0.2, 0.25) is 0 Å². The molecule has 3 rings (SSSR count). The molecule has 1 aliphatic rings. The van der Waals surface area contributed by atoms with Gasteiger partial charge in [-0.25, -0.2) is 4.79 Å². The van der Waals surface area contributed by atoms with Crippen molar-refractivity contribution in [1.82, 2.24) is 0 Å². The zero-order chi connectivity index (χ0) is 19.2. The van der Waals surface area contributed by atoms with Crippen LogP contribution in [0.25, 0.3) is 11.6 Å². The first-order chi connectivity index (χ1) is 13.1. The highest BCUT2D eigenvalue weighted by molar-refractivity contribution is 5.86. The Morgan fingerprint density at radius 2 is 2.04 bits per heavy atom. The van der Waals surface area contributed by atoms with Crippen LogP contribution in [0.1, 0.15) is 23.1 Å². The Balaban J connectivity index is 1.71. The summed E-state index contributed by atoms with van der Waals surface area (Å²) in [4.78, 5) is 11.0. The monoisotopic (exact) mass is 366 g/mol. The van der Waals surface area contributed by atoms with E-state index in [0.29, 0.717) is 24.4 Å². The number of carbonyl (C=O) groups excluding carboxylic acids is 1. The van der Waals surface area contributed by atoms with E-state index in [0.717, 1.165) is 34.9 Å². The highest BCUT2D eigenvalue weighted by atomic mass is 16.6. The number of aliphatic hydroxyl groups is 1. The highest BCUT2D eigenvalue weighted by Gasteiger charge is 2.22. The Morgan fingerprint density at radius 1 is 1.26 bits per heavy atom. The van der Waals surface area contributed by atoms with Gasteiger partial charge in [-0.15, -0.1) is 0 Å². The van der Waals surface area contributed by atoms with Gasteiger partial charge >= 0.3 is 5.97 Å². The van der Waals surface area contributed by atoms with Gasteiger partial charge in [0.05, 0.1) is 13.7 Å². The van der Waals surface area contributed by atoms with E-state index in [1.807, 2.05) is 48.5 Å². The van der Waals surface area contributed by atoms with E-state index in [1.54, 1.807) is 7.11 Å². The summed E-state index contributed by atoms with van der Waals surface area (Å²) in [5.41, 5.74) is 3.54. The molecular weight excluding hydrogens is 344 g/mol. The summed E-state index contributed by atoms with van der Waals surface area (Å²) in [5, 5.41) is 10.4. The maximum atomic E-state index is 11.0. The predicted octanol–water partition coefficient (Wildman–Crippen LogP) is 3.61. The second-order valence-corrected chi connectivity index (χ2v) is 6.15. The van der Waals surface area contributed by atoms with Crippen molar-refractivity contribution in [3.8, 4) is 11.5 Å². The second-order valence-electron chi connectivity index (χ2n) is 6.15. The lowest BCUT2D eigenvalue weighted by molar-refractivity contribution is -0.137. The van der Waals surface area contributed by atoms with Crippen LogP contribution in [0.3, 0.4) is 0 Å². The molecule has 0 aromatic heterocycles. The molecule has 1 heterocycles. The van der Waals surface area contributed by atoms with E-state index in [2.05, 4.69) is 6.58 Å². The zero-order valence-corrected chi connectivity index (χ0v) is 15.2. The van der Waals surface area contributed by atoms with Crippen molar-refractivity contribution in [3.63, 3.8) is 0 Å². The van der Waals surface area contributed by atoms with E-state index < -0.39 is 12.3 Å². The first-order valence-corrected chi connectivity index (χ1v) is 8.73. The average Bonchev–Trinajstić information content (AvgIpc) is 2.70. The molecule has 0 saturated carbocycles. The molecule has 1 atom stereocenters. The van der Waals surface area contributed by atoms with Gasteiger partial charge in [0.15, 0.2) is 0 Å². The third-order valence-corrected chi connectivity index (χ3v) is 4.34. The van der Waals surface area contributed by atoms with E-state index in [-0.39, 0.29) is 0 Å². The molecule has 2 aromatic carbocycles. The SMILES string of the molecule is C=CC(=O)OCCCc1ccc2c(c1)OC(O)C(c1ccc(OC)cc1)=C2. The topological polar surface area (TPSA) is 65.0 Å². The van der Waals surface area contributed by atoms with E-state index >= 15 is 0 Å². The molecule has 0 fully saturated rings. The number of hydrogen-bond donors (Lipinski definition) is 1. The molecular formula is C22H22O5. The third kappa shape index (κ3) is 4.57. The fraction of sp³-hybridized carbons (Fsp3) is 0.227. The molecule has 27 heavy (non-hydrogen) atoms. The summed E-state index contributed by atoms with van der Waals surface area (Å²) in [7, 11) is 1.62. The quantitative estimate of drug-likeness (QED) is 0.461. The average molecular weight is 366 g/mol. The minimum atomic E-state index is -1.03. The Labute approximate surface area is 158 Å². The Morgan fingerprint density at radius 3 is 2.74 bits per heavy atom. The molecule has 140 valence electrons. The smallest absolute Gasteiger partial charge is 0.330 e. The summed E-state index contributed by atoms with van der Waals surface area (Å²) < 4.78 is 15.9. The van der Waals surface area contributed by atoms with Crippen molar-refractivity contribution >= 4 is 17.6 Å². The van der Waals surface area contributed by atoms with E-state index in [9.17, 15) is 9.90 Å². The van der Waals surface area contributed by atoms with Gasteiger partial charge in [0, 0.05) is 17.2 Å². The number of benzene rings is 2. The van der Waals surface area contributed by atoms with E-state index in [1.165, 1.54) is 0 Å². The van der Waals surface area contributed by atoms with Gasteiger partial charge in [-0.3, -0.25) is 0 Å². The Hall–Kier alpha value is -3.05. The van der Waals surface area contributed by atoms with Gasteiger partial charge in [0.2, 0.25) is 6.29 Å². The molecule has 0 saturated heterocycles. The fourth-order valence-corrected chi connectivity index (χ4v) is 2.90. The standard InChI is InChI=1S/C22H22O5/c1-3-21(23)26-12-4-5-15-6-7-17-14-19(22(24)27-20(17)13-15)16-8-10-18(25-2)11-9-16/h3,6-11,13-14,22,24H,1,4-5,12H2,2H3. The highest BCUT2D eigenvalue weighted by Crippen LogP contribution is 2.34. The summed E-state index contributed by atoms with van der Waals surface area (Å²) in [6.07, 6.45) is 3.50. The second kappa shape index (κ2) is 8.56. The van der Waals surface area contributed by atoms with Gasteiger partial charge in [-0.05, 0) is 48.2 Å². The minimum Gasteiger partial charge on any atom is -0.497 e. The third-order valence-electron chi connectivity index (χ3n) is 4.34. The van der Waals surface area contributed by atoms with Crippen LogP contribution >= 0.6 is 0 Å². The molecule has 0 amide bonds. The summed E-state index contributed by atoms with van der Waals surface area (Å²) >= 11 is 0. The molecule has 0 aliphatic carbocycles. The van der Waals surface area contributed by atoms with E-state index in [4.69, 9.17) is 14.2 Å². The van der Waals surface area contributed by atoms with Crippen LogP contribution in [0, 0.1) is 0 Å². The van der Waals surface area contributed by atoms with Crippen LogP contribution in [0.5, 0.6) is 11.5 Å². The van der Waals surface area contributed by atoms with Crippen LogP contribution in [-0.4, -0.2) is 31.1 Å². The molecule has 1 N–H and O–H groups in total. The van der Waals surface area contributed by atoms with Crippen LogP contribution in [0.4, 0.5) is 0 Å². The number of carbonyl (C=O) groups is 1. The number of fused-ring (bicyclic) bond motifs is 1. The zero-order valence-electron chi connectivity index (χ0n) is 15.2. The summed E-state index contributed by atoms with van der Waals surface area (Å²) in [5.74, 6) is 0.984. The van der Waals surface area contributed by atoms with Crippen LogP contribution in [-0.2, 0) is 16.0 Å². The van der Waals surface area contributed by atoms with Gasteiger partial charge in [-0.2, -0.15) is 0 Å². The lowest BCUT2D eigenvalue weighted by Crippen LogP contribution is -2.21. The van der Waals surface area contributed by atoms with Crippen molar-refractivity contribution in [2.75, 3.05) is 13.7 Å². The Bertz CT molecular complexity index is 852. The van der Waals surface area contributed by atoms with Crippen LogP contribution < -0.4 is 9.47 Å². The van der Waals surface area contributed by atoms with Gasteiger partial charge in [0.1, 0.15) is 11.5 Å². The fourth-order valence-electron chi connectivity index (χ4n) is 2.90. The number of methoxy groups -OCH3 is 1. The van der Waals surface area contributed by atoms with Crippen molar-refractivity contribution in [2.45, 2.75) is 19.1 Å². The lowest BCUT2D eigenvalue weighted by atomic mass is 9.98. The van der Waals surface area contributed by atoms with Crippen molar-refractivity contribution in [2.24, 2.45) is 0 Å². The number of ether oxygens (including phenoxy) is 3. The molecule has 2 aromatic rings. The van der Waals surface area contributed by atoms with Crippen molar-refractivity contribution in [3.05, 3.63) is 71.8 Å². The summed E-state index contributed by atoms with van der Waals surface area (Å²) in [6.45, 7) is 3.70. The first kappa shape index (κ1) is 18.7. The summed E-state index contributed by atoms with van der Waals surface area (Å²) in [6, 6.07) is 13.4. The van der Waals surface area contributed by atoms with Gasteiger partial charge in [-0.1, -0.05) is 30.8 Å². The van der Waals surface area contributed by atoms with Crippen LogP contribution in [0.15, 0.2) is 55.1 Å². The molecule has 1 unspecified atom stereocenters. The number of hydrogen-bond acceptors (Lipinski definition) is 5. The van der Waals surface area contributed by atoms with Gasteiger partial charge < -0.3 is 19.3 Å². The van der Waals surface area contributed by atoms with Crippen molar-refractivity contribution < 1.29 is 24.1 Å². The normalized spacial score (nSPS) is 15.2. The Kier molecular flexibility index (Phi) is 5.94. The molecule has 0 spiro atoms. The lowest BCUT2D eigenvalue weighted by Gasteiger charge is -2.24. The number of aliphatic hydroxyl groups excluding tert-OH is 1. The van der Waals surface area contributed by atoms with Crippen molar-refractivity contribution in [1.29, 1.82) is 0 Å². The number of esters is 1. The molecule has 5 nitrogen and oxygen atoms in total. The van der Waals surface area contributed by atoms with Gasteiger partial charge in [0.25, 0.3) is 0 Å². The largest absolute Gasteiger partial charge is 0.497 e. The maximum absolute atomic E-state index is 11.0. The minimum absolute atomic E-state index is 0.340. The maximum Gasteiger partial charge on any atom is 0.330 e. The predicted molar refractivity (Wildman–Crippen MR) is 103 cm³/mol. The molecule has 5 heteroatoms. The number of rotatable bonds is 7. The molecule has 0 radical (unpaired) electrons. The molecule has 0 bridgehead atoms. The number of aryl methyl sites for hydroxylation is 1.